The van der Waals surface area contributed by atoms with Gasteiger partial charge in [-0.25, -0.2) is 0 Å². The molecule has 0 saturated carbocycles. The summed E-state index contributed by atoms with van der Waals surface area (Å²) in [6.45, 7) is 6.65. The molecule has 0 aromatic rings. The fourth-order valence-corrected chi connectivity index (χ4v) is 3.66. The number of carbonyl (C=O) groups is 2. The quantitative estimate of drug-likeness (QED) is 0.619. The van der Waals surface area contributed by atoms with E-state index in [1.165, 1.54) is 0 Å². The van der Waals surface area contributed by atoms with E-state index < -0.39 is 0 Å². The van der Waals surface area contributed by atoms with Crippen LogP contribution >= 0.6 is 11.8 Å². The number of ether oxygens (including phenoxy) is 1. The van der Waals surface area contributed by atoms with Crippen molar-refractivity contribution in [3.05, 3.63) is 0 Å². The lowest BCUT2D eigenvalue weighted by Crippen LogP contribution is -2.47. The molecule has 0 bridgehead atoms. The fraction of sp³-hybridized carbons (Fsp3) is 0.882. The van der Waals surface area contributed by atoms with Gasteiger partial charge in [0.25, 0.3) is 0 Å². The molecule has 0 aromatic carbocycles. The van der Waals surface area contributed by atoms with Crippen LogP contribution in [0.2, 0.25) is 0 Å². The normalized spacial score (nSPS) is 22.6. The molecule has 2 heterocycles. The molecule has 2 saturated heterocycles. The lowest BCUT2D eigenvalue weighted by molar-refractivity contribution is -0.138. The van der Waals surface area contributed by atoms with E-state index >= 15 is 0 Å². The monoisotopic (exact) mass is 357 g/mol. The minimum Gasteiger partial charge on any atom is -0.379 e. The van der Waals surface area contributed by atoms with Crippen molar-refractivity contribution < 1.29 is 14.3 Å². The number of hydrogen-bond donors (Lipinski definition) is 1. The van der Waals surface area contributed by atoms with E-state index in [-0.39, 0.29) is 17.7 Å². The highest BCUT2D eigenvalue weighted by atomic mass is 32.2. The summed E-state index contributed by atoms with van der Waals surface area (Å²) < 4.78 is 5.35. The summed E-state index contributed by atoms with van der Waals surface area (Å²) in [6.07, 6.45) is 5.23. The zero-order valence-electron chi connectivity index (χ0n) is 14.8. The predicted molar refractivity (Wildman–Crippen MR) is 97.2 cm³/mol. The van der Waals surface area contributed by atoms with E-state index in [1.54, 1.807) is 11.8 Å². The zero-order valence-corrected chi connectivity index (χ0v) is 15.6. The standard InChI is InChI=1S/C17H31N3O3S/c1-24-13-2-6-18-17(22)15-4-5-16(21)20(14-15)8-3-7-19-9-11-23-12-10-19/h15H,2-14H2,1H3,(H,18,22)/t15-/m1/s1. The Balaban J connectivity index is 1.67. The molecular formula is C17H31N3O3S. The highest BCUT2D eigenvalue weighted by Crippen LogP contribution is 2.18. The molecule has 1 N–H and O–H groups in total. The Kier molecular flexibility index (Phi) is 8.91. The number of likely N-dealkylation sites (tertiary alicyclic amines) is 1. The first-order chi connectivity index (χ1) is 11.7. The maximum absolute atomic E-state index is 12.3. The Morgan fingerprint density at radius 2 is 2.08 bits per heavy atom. The first kappa shape index (κ1) is 19.5. The van der Waals surface area contributed by atoms with Crippen molar-refractivity contribution in [3.63, 3.8) is 0 Å². The van der Waals surface area contributed by atoms with Gasteiger partial charge in [0.05, 0.1) is 19.1 Å². The third-order valence-corrected chi connectivity index (χ3v) is 5.40. The summed E-state index contributed by atoms with van der Waals surface area (Å²) in [5, 5.41) is 3.02. The van der Waals surface area contributed by atoms with E-state index in [1.807, 2.05) is 4.90 Å². The second-order valence-corrected chi connectivity index (χ2v) is 7.51. The molecular weight excluding hydrogens is 326 g/mol. The molecule has 2 aliphatic rings. The summed E-state index contributed by atoms with van der Waals surface area (Å²) in [5.41, 5.74) is 0. The molecule has 0 radical (unpaired) electrons. The van der Waals surface area contributed by atoms with Gasteiger partial charge in [-0.1, -0.05) is 0 Å². The molecule has 138 valence electrons. The maximum Gasteiger partial charge on any atom is 0.224 e. The predicted octanol–water partition coefficient (Wildman–Crippen LogP) is 0.817. The van der Waals surface area contributed by atoms with E-state index in [0.29, 0.717) is 19.4 Å². The van der Waals surface area contributed by atoms with Crippen LogP contribution in [0, 0.1) is 5.92 Å². The van der Waals surface area contributed by atoms with E-state index in [9.17, 15) is 9.59 Å². The van der Waals surface area contributed by atoms with E-state index in [0.717, 1.165) is 64.5 Å². The average molecular weight is 358 g/mol. The Bertz CT molecular complexity index is 403. The Morgan fingerprint density at radius 3 is 2.83 bits per heavy atom. The Morgan fingerprint density at radius 1 is 1.29 bits per heavy atom. The number of hydrogen-bond acceptors (Lipinski definition) is 5. The molecule has 2 fully saturated rings. The van der Waals surface area contributed by atoms with Gasteiger partial charge in [-0.3, -0.25) is 14.5 Å². The lowest BCUT2D eigenvalue weighted by Gasteiger charge is -2.33. The summed E-state index contributed by atoms with van der Waals surface area (Å²) in [4.78, 5) is 28.6. The van der Waals surface area contributed by atoms with Gasteiger partial charge in [0.15, 0.2) is 0 Å². The minimum absolute atomic E-state index is 0.0413. The van der Waals surface area contributed by atoms with Gasteiger partial charge in [0.2, 0.25) is 11.8 Å². The summed E-state index contributed by atoms with van der Waals surface area (Å²) in [6, 6.07) is 0. The van der Waals surface area contributed by atoms with Crippen LogP contribution in [-0.4, -0.2) is 86.1 Å². The highest BCUT2D eigenvalue weighted by molar-refractivity contribution is 7.98. The SMILES string of the molecule is CSCCCNC(=O)[C@@H]1CCC(=O)N(CCCN2CCOCC2)C1. The number of piperidine rings is 1. The summed E-state index contributed by atoms with van der Waals surface area (Å²) >= 11 is 1.79. The number of carbonyl (C=O) groups excluding carboxylic acids is 2. The maximum atomic E-state index is 12.3. The zero-order chi connectivity index (χ0) is 17.2. The van der Waals surface area contributed by atoms with Crippen LogP contribution in [0.4, 0.5) is 0 Å². The summed E-state index contributed by atoms with van der Waals surface area (Å²) in [7, 11) is 0. The van der Waals surface area contributed by atoms with Gasteiger partial charge in [0, 0.05) is 45.7 Å². The second kappa shape index (κ2) is 10.9. The Hall–Kier alpha value is -0.790. The molecule has 0 aliphatic carbocycles. The molecule has 0 aromatic heterocycles. The minimum atomic E-state index is -0.0413. The number of thioether (sulfide) groups is 1. The lowest BCUT2D eigenvalue weighted by atomic mass is 9.96. The average Bonchev–Trinajstić information content (AvgIpc) is 2.61. The second-order valence-electron chi connectivity index (χ2n) is 6.52. The van der Waals surface area contributed by atoms with Crippen molar-refractivity contribution in [1.82, 2.24) is 15.1 Å². The third kappa shape index (κ3) is 6.61. The number of rotatable bonds is 9. The molecule has 2 amide bonds. The Labute approximate surface area is 149 Å². The number of morpholine rings is 1. The third-order valence-electron chi connectivity index (χ3n) is 4.70. The van der Waals surface area contributed by atoms with Gasteiger partial charge < -0.3 is 15.0 Å². The molecule has 6 nitrogen and oxygen atoms in total. The van der Waals surface area contributed by atoms with Crippen molar-refractivity contribution in [2.24, 2.45) is 5.92 Å². The molecule has 24 heavy (non-hydrogen) atoms. The van der Waals surface area contributed by atoms with Crippen LogP contribution in [0.15, 0.2) is 0 Å². The molecule has 1 atom stereocenters. The van der Waals surface area contributed by atoms with Gasteiger partial charge in [-0.15, -0.1) is 0 Å². The van der Waals surface area contributed by atoms with Crippen LogP contribution in [0.5, 0.6) is 0 Å². The van der Waals surface area contributed by atoms with E-state index in [2.05, 4.69) is 16.5 Å². The van der Waals surface area contributed by atoms with Crippen LogP contribution in [-0.2, 0) is 14.3 Å². The number of nitrogens with zero attached hydrogens (tertiary/aromatic N) is 2. The smallest absolute Gasteiger partial charge is 0.224 e. The van der Waals surface area contributed by atoms with Crippen LogP contribution in [0.25, 0.3) is 0 Å². The number of amides is 2. The van der Waals surface area contributed by atoms with Crippen molar-refractivity contribution in [3.8, 4) is 0 Å². The first-order valence-electron chi connectivity index (χ1n) is 9.05. The van der Waals surface area contributed by atoms with Gasteiger partial charge in [-0.2, -0.15) is 11.8 Å². The largest absolute Gasteiger partial charge is 0.379 e. The van der Waals surface area contributed by atoms with Crippen molar-refractivity contribution in [2.45, 2.75) is 25.7 Å². The van der Waals surface area contributed by atoms with Crippen molar-refractivity contribution >= 4 is 23.6 Å². The van der Waals surface area contributed by atoms with Gasteiger partial charge in [-0.05, 0) is 31.3 Å². The molecule has 2 rings (SSSR count). The van der Waals surface area contributed by atoms with E-state index in [4.69, 9.17) is 4.74 Å². The van der Waals surface area contributed by atoms with Crippen molar-refractivity contribution in [1.29, 1.82) is 0 Å². The molecule has 2 aliphatic heterocycles. The summed E-state index contributed by atoms with van der Waals surface area (Å²) in [5.74, 6) is 1.34. The van der Waals surface area contributed by atoms with Crippen LogP contribution in [0.3, 0.4) is 0 Å². The molecule has 0 spiro atoms. The highest BCUT2D eigenvalue weighted by Gasteiger charge is 2.29. The van der Waals surface area contributed by atoms with Gasteiger partial charge in [0.1, 0.15) is 0 Å². The van der Waals surface area contributed by atoms with Gasteiger partial charge >= 0.3 is 0 Å². The fourth-order valence-electron chi connectivity index (χ4n) is 3.23. The van der Waals surface area contributed by atoms with Crippen LogP contribution in [0.1, 0.15) is 25.7 Å². The number of nitrogens with one attached hydrogen (secondary N) is 1. The van der Waals surface area contributed by atoms with Crippen molar-refractivity contribution in [2.75, 3.05) is 64.5 Å². The molecule has 0 unspecified atom stereocenters. The van der Waals surface area contributed by atoms with Crippen LogP contribution < -0.4 is 5.32 Å². The molecule has 7 heteroatoms. The topological polar surface area (TPSA) is 61.9 Å². The first-order valence-corrected chi connectivity index (χ1v) is 10.4.